The van der Waals surface area contributed by atoms with E-state index in [2.05, 4.69) is 20.3 Å². The fourth-order valence-corrected chi connectivity index (χ4v) is 3.82. The summed E-state index contributed by atoms with van der Waals surface area (Å²) in [5, 5.41) is 7.96. The lowest BCUT2D eigenvalue weighted by Gasteiger charge is -2.22. The third kappa shape index (κ3) is 4.13. The molecule has 2 aliphatic rings. The molecule has 1 N–H and O–H groups in total. The smallest absolute Gasteiger partial charge is 0.248 e. The topological polar surface area (TPSA) is 73.0 Å². The number of rotatable bonds is 9. The van der Waals surface area contributed by atoms with Crippen LogP contribution in [0.25, 0.3) is 5.69 Å². The van der Waals surface area contributed by atoms with Gasteiger partial charge in [-0.2, -0.15) is 4.98 Å². The second-order valence-corrected chi connectivity index (χ2v) is 8.58. The summed E-state index contributed by atoms with van der Waals surface area (Å²) in [6.07, 6.45) is 9.13. The molecule has 0 radical (unpaired) electrons. The van der Waals surface area contributed by atoms with Gasteiger partial charge in [-0.25, -0.2) is 9.67 Å². The molecule has 3 aromatic rings. The first kappa shape index (κ1) is 19.0. The Labute approximate surface area is 176 Å². The summed E-state index contributed by atoms with van der Waals surface area (Å²) in [5.74, 6) is 3.96. The zero-order valence-electron chi connectivity index (χ0n) is 17.9. The molecule has 8 nitrogen and oxygen atoms in total. The van der Waals surface area contributed by atoms with Crippen LogP contribution in [0.2, 0.25) is 0 Å². The lowest BCUT2D eigenvalue weighted by molar-refractivity contribution is 0.413. The number of imidazole rings is 1. The first-order valence-corrected chi connectivity index (χ1v) is 10.7. The van der Waals surface area contributed by atoms with Gasteiger partial charge in [-0.05, 0) is 56.6 Å². The molecule has 158 valence electrons. The Morgan fingerprint density at radius 1 is 1.17 bits per heavy atom. The molecule has 2 fully saturated rings. The number of hydrogen-bond donors (Lipinski definition) is 1. The first-order chi connectivity index (χ1) is 14.6. The second kappa shape index (κ2) is 7.66. The summed E-state index contributed by atoms with van der Waals surface area (Å²) in [6, 6.07) is 5.99. The van der Waals surface area contributed by atoms with Gasteiger partial charge in [0.15, 0.2) is 0 Å². The van der Waals surface area contributed by atoms with Crippen LogP contribution >= 0.6 is 0 Å². The molecular weight excluding hydrogens is 378 g/mol. The third-order valence-electron chi connectivity index (χ3n) is 5.80. The SMILES string of the molecule is COc1cc(Nc2nc(N(CC3CC3)CC3CC3)n(C)n2)ccc1-n1cnc(C)c1. The molecular formula is C22H29N7O. The number of benzene rings is 1. The normalized spacial score (nSPS) is 16.0. The highest BCUT2D eigenvalue weighted by Crippen LogP contribution is 2.35. The summed E-state index contributed by atoms with van der Waals surface area (Å²) in [5.41, 5.74) is 2.80. The van der Waals surface area contributed by atoms with Crippen LogP contribution in [-0.4, -0.2) is 44.5 Å². The molecule has 1 aromatic carbocycles. The van der Waals surface area contributed by atoms with Crippen LogP contribution in [0.5, 0.6) is 5.75 Å². The summed E-state index contributed by atoms with van der Waals surface area (Å²) in [4.78, 5) is 11.5. The number of hydrogen-bond acceptors (Lipinski definition) is 6. The summed E-state index contributed by atoms with van der Waals surface area (Å²) >= 11 is 0. The van der Waals surface area contributed by atoms with Gasteiger partial charge in [-0.15, -0.1) is 5.10 Å². The van der Waals surface area contributed by atoms with Crippen LogP contribution < -0.4 is 15.0 Å². The Morgan fingerprint density at radius 2 is 1.90 bits per heavy atom. The molecule has 0 aliphatic heterocycles. The highest BCUT2D eigenvalue weighted by molar-refractivity contribution is 5.62. The van der Waals surface area contributed by atoms with Crippen LogP contribution in [0, 0.1) is 18.8 Å². The van der Waals surface area contributed by atoms with Crippen LogP contribution in [0.1, 0.15) is 31.4 Å². The minimum atomic E-state index is 0.609. The molecule has 30 heavy (non-hydrogen) atoms. The number of ether oxygens (including phenoxy) is 1. The molecule has 0 atom stereocenters. The van der Waals surface area contributed by atoms with E-state index < -0.39 is 0 Å². The molecule has 2 aromatic heterocycles. The highest BCUT2D eigenvalue weighted by Gasteiger charge is 2.31. The number of anilines is 3. The fourth-order valence-electron chi connectivity index (χ4n) is 3.82. The number of methoxy groups -OCH3 is 1. The van der Waals surface area contributed by atoms with Gasteiger partial charge in [-0.3, -0.25) is 0 Å². The van der Waals surface area contributed by atoms with E-state index in [9.17, 15) is 0 Å². The minimum Gasteiger partial charge on any atom is -0.494 e. The maximum absolute atomic E-state index is 5.61. The zero-order valence-corrected chi connectivity index (χ0v) is 17.9. The fraction of sp³-hybridized carbons (Fsp3) is 0.500. The largest absolute Gasteiger partial charge is 0.494 e. The van der Waals surface area contributed by atoms with Crippen LogP contribution in [0.4, 0.5) is 17.6 Å². The average Bonchev–Trinajstić information content (AvgIpc) is 3.65. The maximum Gasteiger partial charge on any atom is 0.248 e. The second-order valence-electron chi connectivity index (χ2n) is 8.58. The molecule has 2 heterocycles. The molecule has 0 amide bonds. The molecule has 0 unspecified atom stereocenters. The quantitative estimate of drug-likeness (QED) is 0.583. The van der Waals surface area contributed by atoms with E-state index in [4.69, 9.17) is 9.72 Å². The Balaban J connectivity index is 1.35. The predicted octanol–water partition coefficient (Wildman–Crippen LogP) is 3.69. The monoisotopic (exact) mass is 407 g/mol. The van der Waals surface area contributed by atoms with Crippen molar-refractivity contribution < 1.29 is 4.74 Å². The molecule has 0 bridgehead atoms. The van der Waals surface area contributed by atoms with Gasteiger partial charge in [-0.1, -0.05) is 0 Å². The summed E-state index contributed by atoms with van der Waals surface area (Å²) in [7, 11) is 3.66. The lowest BCUT2D eigenvalue weighted by Crippen LogP contribution is -2.30. The maximum atomic E-state index is 5.61. The van der Waals surface area contributed by atoms with Gasteiger partial charge < -0.3 is 19.5 Å². The van der Waals surface area contributed by atoms with Gasteiger partial charge in [0.05, 0.1) is 24.8 Å². The van der Waals surface area contributed by atoms with Gasteiger partial charge in [0.2, 0.25) is 11.9 Å². The van der Waals surface area contributed by atoms with Crippen molar-refractivity contribution in [1.82, 2.24) is 24.3 Å². The van der Waals surface area contributed by atoms with Crippen molar-refractivity contribution in [3.63, 3.8) is 0 Å². The van der Waals surface area contributed by atoms with Gasteiger partial charge in [0.1, 0.15) is 5.75 Å². The third-order valence-corrected chi connectivity index (χ3v) is 5.80. The highest BCUT2D eigenvalue weighted by atomic mass is 16.5. The van der Waals surface area contributed by atoms with Crippen molar-refractivity contribution in [3.05, 3.63) is 36.4 Å². The molecule has 0 spiro atoms. The van der Waals surface area contributed by atoms with Gasteiger partial charge >= 0.3 is 0 Å². The Morgan fingerprint density at radius 3 is 2.50 bits per heavy atom. The van der Waals surface area contributed by atoms with Crippen LogP contribution in [-0.2, 0) is 7.05 Å². The Kier molecular flexibility index (Phi) is 4.84. The van der Waals surface area contributed by atoms with Gasteiger partial charge in [0.25, 0.3) is 0 Å². The molecule has 2 aliphatic carbocycles. The predicted molar refractivity (Wildman–Crippen MR) is 117 cm³/mol. The summed E-state index contributed by atoms with van der Waals surface area (Å²) in [6.45, 7) is 4.16. The van der Waals surface area contributed by atoms with Crippen molar-refractivity contribution in [2.75, 3.05) is 30.4 Å². The zero-order chi connectivity index (χ0) is 20.7. The standard InChI is InChI=1S/C22H29N7O/c1-15-11-29(14-23-15)19-9-8-18(10-20(19)30-3)24-21-25-22(27(2)26-21)28(12-16-4-5-16)13-17-6-7-17/h8-11,14,16-17H,4-7,12-13H2,1-3H3,(H,24,26). The van der Waals surface area contributed by atoms with E-state index in [1.165, 1.54) is 25.7 Å². The van der Waals surface area contributed by atoms with E-state index in [-0.39, 0.29) is 0 Å². The van der Waals surface area contributed by atoms with Crippen LogP contribution in [0.15, 0.2) is 30.7 Å². The van der Waals surface area contributed by atoms with Crippen molar-refractivity contribution in [3.8, 4) is 11.4 Å². The lowest BCUT2D eigenvalue weighted by atomic mass is 10.2. The van der Waals surface area contributed by atoms with Crippen molar-refractivity contribution in [1.29, 1.82) is 0 Å². The summed E-state index contributed by atoms with van der Waals surface area (Å²) < 4.78 is 9.47. The van der Waals surface area contributed by atoms with E-state index >= 15 is 0 Å². The number of aromatic nitrogens is 5. The molecule has 2 saturated carbocycles. The molecule has 0 saturated heterocycles. The van der Waals surface area contributed by atoms with Crippen molar-refractivity contribution in [2.45, 2.75) is 32.6 Å². The van der Waals surface area contributed by atoms with E-state index in [0.29, 0.717) is 5.95 Å². The van der Waals surface area contributed by atoms with E-state index in [1.807, 2.05) is 47.6 Å². The van der Waals surface area contributed by atoms with E-state index in [0.717, 1.165) is 53.7 Å². The number of nitrogens with one attached hydrogen (secondary N) is 1. The van der Waals surface area contributed by atoms with Gasteiger partial charge in [0, 0.05) is 38.1 Å². The Hall–Kier alpha value is -3.03. The number of aryl methyl sites for hydroxylation is 2. The first-order valence-electron chi connectivity index (χ1n) is 10.7. The van der Waals surface area contributed by atoms with Crippen molar-refractivity contribution in [2.24, 2.45) is 18.9 Å². The molecule has 5 rings (SSSR count). The Bertz CT molecular complexity index is 1020. The van der Waals surface area contributed by atoms with Crippen molar-refractivity contribution >= 4 is 17.6 Å². The molecule has 8 heteroatoms. The number of nitrogens with zero attached hydrogens (tertiary/aromatic N) is 6. The average molecular weight is 408 g/mol. The minimum absolute atomic E-state index is 0.609. The van der Waals surface area contributed by atoms with Crippen LogP contribution in [0.3, 0.4) is 0 Å². The van der Waals surface area contributed by atoms with E-state index in [1.54, 1.807) is 13.4 Å².